The number of nitrogens with zero attached hydrogens (tertiary/aromatic N) is 3. The molecule has 8 heteroatoms. The van der Waals surface area contributed by atoms with E-state index in [1.165, 1.54) is 6.20 Å². The number of rotatable bonds is 7. The lowest BCUT2D eigenvalue weighted by Gasteiger charge is -2.33. The molecular formula is C16H26N4O3S. The van der Waals surface area contributed by atoms with Gasteiger partial charge < -0.3 is 4.90 Å². The average Bonchev–Trinajstić information content (AvgIpc) is 3.32. The van der Waals surface area contributed by atoms with E-state index in [1.54, 1.807) is 10.9 Å². The van der Waals surface area contributed by atoms with Crippen LogP contribution in [0.2, 0.25) is 0 Å². The third kappa shape index (κ3) is 4.16. The Morgan fingerprint density at radius 1 is 1.38 bits per heavy atom. The number of likely N-dealkylation sites (tertiary alicyclic amines) is 1. The average molecular weight is 354 g/mol. The van der Waals surface area contributed by atoms with Gasteiger partial charge in [-0.15, -0.1) is 0 Å². The van der Waals surface area contributed by atoms with Crippen molar-refractivity contribution >= 4 is 15.9 Å². The first kappa shape index (κ1) is 17.4. The Hall–Kier alpha value is -1.41. The number of amides is 1. The molecule has 1 saturated carbocycles. The van der Waals surface area contributed by atoms with Gasteiger partial charge in [0, 0.05) is 38.3 Å². The monoisotopic (exact) mass is 354 g/mol. The van der Waals surface area contributed by atoms with Gasteiger partial charge in [0.1, 0.15) is 4.90 Å². The molecule has 2 heterocycles. The number of hydrogen-bond acceptors (Lipinski definition) is 4. The Kier molecular flexibility index (Phi) is 5.24. The number of sulfonamides is 1. The van der Waals surface area contributed by atoms with E-state index in [0.717, 1.165) is 38.6 Å². The fourth-order valence-corrected chi connectivity index (χ4v) is 4.23. The van der Waals surface area contributed by atoms with Crippen LogP contribution in [0.4, 0.5) is 0 Å². The van der Waals surface area contributed by atoms with E-state index in [1.807, 2.05) is 11.8 Å². The molecule has 24 heavy (non-hydrogen) atoms. The topological polar surface area (TPSA) is 84.3 Å². The van der Waals surface area contributed by atoms with Crippen molar-refractivity contribution in [2.45, 2.75) is 50.5 Å². The molecule has 1 amide bonds. The highest BCUT2D eigenvalue weighted by Crippen LogP contribution is 2.32. The smallest absolute Gasteiger partial charge is 0.243 e. The van der Waals surface area contributed by atoms with Crippen LogP contribution in [0.3, 0.4) is 0 Å². The zero-order chi connectivity index (χ0) is 17.2. The Labute approximate surface area is 143 Å². The molecule has 7 nitrogen and oxygen atoms in total. The highest BCUT2D eigenvalue weighted by molar-refractivity contribution is 7.89. The lowest BCUT2D eigenvalue weighted by Crippen LogP contribution is -2.44. The number of aryl methyl sites for hydroxylation is 1. The summed E-state index contributed by atoms with van der Waals surface area (Å²) in [5.74, 6) is 0.662. The zero-order valence-corrected chi connectivity index (χ0v) is 15.0. The van der Waals surface area contributed by atoms with E-state index in [2.05, 4.69) is 9.82 Å². The quantitative estimate of drug-likeness (QED) is 0.798. The summed E-state index contributed by atoms with van der Waals surface area (Å²) in [5.41, 5.74) is 0. The maximum Gasteiger partial charge on any atom is 0.243 e. The summed E-state index contributed by atoms with van der Waals surface area (Å²) in [5, 5.41) is 4.07. The van der Waals surface area contributed by atoms with Crippen LogP contribution in [0.5, 0.6) is 0 Å². The van der Waals surface area contributed by atoms with Crippen LogP contribution in [0.25, 0.3) is 0 Å². The molecule has 0 radical (unpaired) electrons. The lowest BCUT2D eigenvalue weighted by atomic mass is 9.98. The van der Waals surface area contributed by atoms with Crippen LogP contribution in [-0.4, -0.2) is 48.6 Å². The SMILES string of the molecule is CCCn1cc(S(=O)(=O)NC[C@@H]2CCCN(C(=O)C3CC3)C2)cn1. The number of carbonyl (C=O) groups excluding carboxylic acids is 1. The van der Waals surface area contributed by atoms with E-state index in [-0.39, 0.29) is 22.6 Å². The Morgan fingerprint density at radius 2 is 2.17 bits per heavy atom. The lowest BCUT2D eigenvalue weighted by molar-refractivity contribution is -0.134. The molecular weight excluding hydrogens is 328 g/mol. The van der Waals surface area contributed by atoms with Crippen molar-refractivity contribution in [3.8, 4) is 0 Å². The molecule has 1 aromatic rings. The molecule has 0 aromatic carbocycles. The van der Waals surface area contributed by atoms with Gasteiger partial charge in [0.25, 0.3) is 0 Å². The summed E-state index contributed by atoms with van der Waals surface area (Å²) in [6.45, 7) is 4.56. The maximum absolute atomic E-state index is 12.4. The van der Waals surface area contributed by atoms with E-state index in [0.29, 0.717) is 19.6 Å². The van der Waals surface area contributed by atoms with Crippen LogP contribution in [0.15, 0.2) is 17.3 Å². The van der Waals surface area contributed by atoms with E-state index < -0.39 is 10.0 Å². The minimum Gasteiger partial charge on any atom is -0.342 e. The van der Waals surface area contributed by atoms with Crippen molar-refractivity contribution in [2.75, 3.05) is 19.6 Å². The Bertz CT molecular complexity index is 681. The second kappa shape index (κ2) is 7.23. The molecule has 2 aliphatic rings. The molecule has 1 aromatic heterocycles. The summed E-state index contributed by atoms with van der Waals surface area (Å²) >= 11 is 0. The second-order valence-electron chi connectivity index (χ2n) is 6.86. The normalized spacial score (nSPS) is 21.9. The van der Waals surface area contributed by atoms with Gasteiger partial charge in [0.05, 0.1) is 6.20 Å². The summed E-state index contributed by atoms with van der Waals surface area (Å²) in [4.78, 5) is 14.3. The number of hydrogen-bond donors (Lipinski definition) is 1. The zero-order valence-electron chi connectivity index (χ0n) is 14.1. The fraction of sp³-hybridized carbons (Fsp3) is 0.750. The van der Waals surface area contributed by atoms with Gasteiger partial charge in [0.15, 0.2) is 0 Å². The van der Waals surface area contributed by atoms with Crippen molar-refractivity contribution in [1.29, 1.82) is 0 Å². The molecule has 2 fully saturated rings. The van der Waals surface area contributed by atoms with Gasteiger partial charge in [-0.05, 0) is 38.0 Å². The van der Waals surface area contributed by atoms with Crippen LogP contribution >= 0.6 is 0 Å². The highest BCUT2D eigenvalue weighted by Gasteiger charge is 2.35. The fourth-order valence-electron chi connectivity index (χ4n) is 3.17. The summed E-state index contributed by atoms with van der Waals surface area (Å²) < 4.78 is 29.1. The van der Waals surface area contributed by atoms with Crippen molar-refractivity contribution in [3.63, 3.8) is 0 Å². The van der Waals surface area contributed by atoms with E-state index in [9.17, 15) is 13.2 Å². The number of aromatic nitrogens is 2. The molecule has 0 spiro atoms. The highest BCUT2D eigenvalue weighted by atomic mass is 32.2. The van der Waals surface area contributed by atoms with Gasteiger partial charge in [-0.3, -0.25) is 9.48 Å². The predicted octanol–water partition coefficient (Wildman–Crippen LogP) is 1.22. The van der Waals surface area contributed by atoms with Gasteiger partial charge in [-0.25, -0.2) is 13.1 Å². The third-order valence-corrected chi connectivity index (χ3v) is 6.07. The van der Waals surface area contributed by atoms with Crippen molar-refractivity contribution < 1.29 is 13.2 Å². The van der Waals surface area contributed by atoms with E-state index in [4.69, 9.17) is 0 Å². The van der Waals surface area contributed by atoms with Gasteiger partial charge in [-0.1, -0.05) is 6.92 Å². The summed E-state index contributed by atoms with van der Waals surface area (Å²) in [6.07, 6.45) is 7.77. The van der Waals surface area contributed by atoms with Crippen LogP contribution in [0.1, 0.15) is 39.0 Å². The Balaban J connectivity index is 1.54. The molecule has 0 unspecified atom stereocenters. The summed E-state index contributed by atoms with van der Waals surface area (Å²) in [7, 11) is -3.54. The molecule has 1 aliphatic carbocycles. The minimum absolute atomic E-state index is 0.182. The first-order chi connectivity index (χ1) is 11.5. The molecule has 1 aliphatic heterocycles. The number of carbonyl (C=O) groups is 1. The largest absolute Gasteiger partial charge is 0.342 e. The van der Waals surface area contributed by atoms with Crippen LogP contribution in [-0.2, 0) is 21.4 Å². The van der Waals surface area contributed by atoms with E-state index >= 15 is 0 Å². The Morgan fingerprint density at radius 3 is 2.88 bits per heavy atom. The second-order valence-corrected chi connectivity index (χ2v) is 8.62. The molecule has 134 valence electrons. The minimum atomic E-state index is -3.54. The van der Waals surface area contributed by atoms with Gasteiger partial charge in [0.2, 0.25) is 15.9 Å². The van der Waals surface area contributed by atoms with Crippen molar-refractivity contribution in [3.05, 3.63) is 12.4 Å². The molecule has 0 bridgehead atoms. The number of piperidine rings is 1. The van der Waals surface area contributed by atoms with Crippen LogP contribution in [0, 0.1) is 11.8 Å². The third-order valence-electron chi connectivity index (χ3n) is 4.69. The van der Waals surface area contributed by atoms with Gasteiger partial charge in [-0.2, -0.15) is 5.10 Å². The van der Waals surface area contributed by atoms with Gasteiger partial charge >= 0.3 is 0 Å². The molecule has 1 saturated heterocycles. The first-order valence-corrected chi connectivity index (χ1v) is 10.3. The molecule has 1 N–H and O–H groups in total. The molecule has 1 atom stereocenters. The number of nitrogens with one attached hydrogen (secondary N) is 1. The molecule has 3 rings (SSSR count). The maximum atomic E-state index is 12.4. The van der Waals surface area contributed by atoms with Crippen molar-refractivity contribution in [1.82, 2.24) is 19.4 Å². The predicted molar refractivity (Wildman–Crippen MR) is 89.7 cm³/mol. The van der Waals surface area contributed by atoms with Crippen LogP contribution < -0.4 is 4.72 Å². The standard InChI is InChI=1S/C16H26N4O3S/c1-2-7-20-12-15(10-17-20)24(22,23)18-9-13-4-3-8-19(11-13)16(21)14-5-6-14/h10,12-14,18H,2-9,11H2,1H3/t13-/m0/s1. The first-order valence-electron chi connectivity index (χ1n) is 8.80. The summed E-state index contributed by atoms with van der Waals surface area (Å²) in [6, 6.07) is 0. The van der Waals surface area contributed by atoms with Crippen molar-refractivity contribution in [2.24, 2.45) is 11.8 Å².